The summed E-state index contributed by atoms with van der Waals surface area (Å²) in [5, 5.41) is 0.964. The number of methoxy groups -OCH3 is 2. The molecule has 2 aromatic carbocycles. The summed E-state index contributed by atoms with van der Waals surface area (Å²) in [6, 6.07) is 14.0. The van der Waals surface area contributed by atoms with Crippen molar-refractivity contribution in [2.75, 3.05) is 33.9 Å². The molecule has 8 heteroatoms. The summed E-state index contributed by atoms with van der Waals surface area (Å²) in [5.74, 6) is 0.201. The van der Waals surface area contributed by atoms with Crippen molar-refractivity contribution in [3.05, 3.63) is 77.5 Å². The number of carbonyl (C=O) groups excluding carboxylic acids is 1. The van der Waals surface area contributed by atoms with Crippen LogP contribution in [0.3, 0.4) is 0 Å². The number of para-hydroxylation sites is 1. The molecule has 0 bridgehead atoms. The minimum absolute atomic E-state index is 0.191. The summed E-state index contributed by atoms with van der Waals surface area (Å²) in [4.78, 5) is 23.7. The van der Waals surface area contributed by atoms with Crippen LogP contribution in [0.4, 0.5) is 4.39 Å². The number of aromatic nitrogens is 3. The van der Waals surface area contributed by atoms with Gasteiger partial charge in [0, 0.05) is 74.7 Å². The lowest BCUT2D eigenvalue weighted by molar-refractivity contribution is -0.132. The normalized spacial score (nSPS) is 15.4. The molecule has 7 nitrogen and oxygen atoms in total. The van der Waals surface area contributed by atoms with Crippen molar-refractivity contribution in [2.24, 2.45) is 0 Å². The van der Waals surface area contributed by atoms with Crippen LogP contribution < -0.4 is 4.74 Å². The van der Waals surface area contributed by atoms with Crippen LogP contribution in [0.25, 0.3) is 22.0 Å². The van der Waals surface area contributed by atoms with Gasteiger partial charge in [-0.05, 0) is 61.8 Å². The molecule has 1 aliphatic rings. The topological polar surface area (TPSA) is 69.5 Å². The van der Waals surface area contributed by atoms with E-state index in [9.17, 15) is 4.79 Å². The number of likely N-dealkylation sites (tertiary alicyclic amines) is 1. The molecule has 0 N–H and O–H groups in total. The Kier molecular flexibility index (Phi) is 9.29. The van der Waals surface area contributed by atoms with Crippen LogP contribution in [0.5, 0.6) is 6.01 Å². The number of hydrogen-bond acceptors (Lipinski definition) is 5. The number of ether oxygens (including phenoxy) is 2. The standard InChI is InChI=1S/C33H39FN4O3/c1-23-28-10-5-11-29(34)32(28)38(18-7-19-40-2)31(23)26-9-6-17-37(22-26)30(39)12-4-8-24-13-15-25(16-14-24)27-20-35-33(41-3)36-21-27/h5,10-11,13-16,20-21,26H,4,6-9,12,17-19,22H2,1-3H3. The smallest absolute Gasteiger partial charge is 0.316 e. The lowest BCUT2D eigenvalue weighted by Crippen LogP contribution is -2.39. The van der Waals surface area contributed by atoms with Crippen LogP contribution in [0.1, 0.15) is 54.8 Å². The fraction of sp³-hybridized carbons (Fsp3) is 0.424. The zero-order valence-electron chi connectivity index (χ0n) is 24.2. The van der Waals surface area contributed by atoms with Gasteiger partial charge in [-0.1, -0.05) is 36.4 Å². The molecular weight excluding hydrogens is 519 g/mol. The third-order valence-corrected chi connectivity index (χ3v) is 8.18. The maximum atomic E-state index is 15.0. The Morgan fingerprint density at radius 2 is 1.83 bits per heavy atom. The molecule has 4 aromatic rings. The third-order valence-electron chi connectivity index (χ3n) is 8.18. The van der Waals surface area contributed by atoms with Crippen LogP contribution in [0, 0.1) is 12.7 Å². The van der Waals surface area contributed by atoms with Gasteiger partial charge in [-0.25, -0.2) is 14.4 Å². The number of piperidine rings is 1. The van der Waals surface area contributed by atoms with E-state index in [1.807, 2.05) is 11.0 Å². The molecule has 216 valence electrons. The number of fused-ring (bicyclic) bond motifs is 1. The average Bonchev–Trinajstić information content (AvgIpc) is 3.30. The Morgan fingerprint density at radius 1 is 1.05 bits per heavy atom. The summed E-state index contributed by atoms with van der Waals surface area (Å²) in [6.07, 6.45) is 8.43. The number of hydrogen-bond donors (Lipinski definition) is 0. The molecule has 1 atom stereocenters. The highest BCUT2D eigenvalue weighted by molar-refractivity contribution is 5.86. The lowest BCUT2D eigenvalue weighted by atomic mass is 9.91. The predicted molar refractivity (Wildman–Crippen MR) is 159 cm³/mol. The molecule has 1 unspecified atom stereocenters. The van der Waals surface area contributed by atoms with Crippen molar-refractivity contribution < 1.29 is 18.7 Å². The van der Waals surface area contributed by atoms with Gasteiger partial charge >= 0.3 is 6.01 Å². The Labute approximate surface area is 241 Å². The van der Waals surface area contributed by atoms with E-state index in [2.05, 4.69) is 45.7 Å². The highest BCUT2D eigenvalue weighted by Gasteiger charge is 2.29. The van der Waals surface area contributed by atoms with Crippen molar-refractivity contribution in [3.8, 4) is 17.1 Å². The maximum absolute atomic E-state index is 15.0. The molecule has 0 spiro atoms. The molecule has 41 heavy (non-hydrogen) atoms. The van der Waals surface area contributed by atoms with Crippen molar-refractivity contribution in [2.45, 2.75) is 57.9 Å². The number of nitrogens with zero attached hydrogens (tertiary/aromatic N) is 4. The number of halogens is 1. The molecule has 0 radical (unpaired) electrons. The molecule has 0 saturated carbocycles. The Morgan fingerprint density at radius 3 is 2.56 bits per heavy atom. The monoisotopic (exact) mass is 558 g/mol. The summed E-state index contributed by atoms with van der Waals surface area (Å²) in [6.45, 7) is 4.88. The van der Waals surface area contributed by atoms with E-state index in [1.54, 1.807) is 32.7 Å². The minimum atomic E-state index is -0.191. The van der Waals surface area contributed by atoms with Crippen molar-refractivity contribution in [3.63, 3.8) is 0 Å². The number of aryl methyl sites for hydroxylation is 3. The Balaban J connectivity index is 1.21. The molecule has 2 aromatic heterocycles. The van der Waals surface area contributed by atoms with Crippen LogP contribution in [0.2, 0.25) is 0 Å². The highest BCUT2D eigenvalue weighted by Crippen LogP contribution is 2.37. The van der Waals surface area contributed by atoms with Gasteiger partial charge in [0.1, 0.15) is 5.82 Å². The summed E-state index contributed by atoms with van der Waals surface area (Å²) in [5.41, 5.74) is 6.14. The first kappa shape index (κ1) is 28.7. The van der Waals surface area contributed by atoms with Crippen LogP contribution in [0.15, 0.2) is 54.9 Å². The van der Waals surface area contributed by atoms with Crippen molar-refractivity contribution in [1.29, 1.82) is 0 Å². The number of benzene rings is 2. The molecule has 0 aliphatic carbocycles. The Bertz CT molecular complexity index is 1470. The van der Waals surface area contributed by atoms with E-state index in [-0.39, 0.29) is 17.6 Å². The van der Waals surface area contributed by atoms with Gasteiger partial charge in [-0.15, -0.1) is 0 Å². The fourth-order valence-corrected chi connectivity index (χ4v) is 6.14. The zero-order valence-corrected chi connectivity index (χ0v) is 24.2. The summed E-state index contributed by atoms with van der Waals surface area (Å²) >= 11 is 0. The number of amides is 1. The molecular formula is C33H39FN4O3. The second-order valence-corrected chi connectivity index (χ2v) is 10.8. The summed E-state index contributed by atoms with van der Waals surface area (Å²) < 4.78 is 27.5. The molecule has 5 rings (SSSR count). The number of carbonyl (C=O) groups is 1. The van der Waals surface area contributed by atoms with Crippen LogP contribution in [-0.4, -0.2) is 59.3 Å². The van der Waals surface area contributed by atoms with Crippen molar-refractivity contribution >= 4 is 16.8 Å². The third kappa shape index (κ3) is 6.43. The first-order valence-electron chi connectivity index (χ1n) is 14.5. The number of rotatable bonds is 11. The van der Waals surface area contributed by atoms with Crippen molar-refractivity contribution in [1.82, 2.24) is 19.4 Å². The average molecular weight is 559 g/mol. The second-order valence-electron chi connectivity index (χ2n) is 10.8. The van der Waals surface area contributed by atoms with Crippen LogP contribution in [-0.2, 0) is 22.5 Å². The quantitative estimate of drug-likeness (QED) is 0.202. The van der Waals surface area contributed by atoms with E-state index < -0.39 is 0 Å². The molecule has 1 aliphatic heterocycles. The first-order valence-corrected chi connectivity index (χ1v) is 14.5. The van der Waals surface area contributed by atoms with E-state index in [0.717, 1.165) is 60.7 Å². The largest absolute Gasteiger partial charge is 0.467 e. The van der Waals surface area contributed by atoms with Gasteiger partial charge in [-0.3, -0.25) is 4.79 Å². The molecule has 1 saturated heterocycles. The van der Waals surface area contributed by atoms with Gasteiger partial charge in [0.05, 0.1) is 12.6 Å². The molecule has 1 amide bonds. The minimum Gasteiger partial charge on any atom is -0.467 e. The Hall–Kier alpha value is -3.78. The summed E-state index contributed by atoms with van der Waals surface area (Å²) in [7, 11) is 3.24. The highest BCUT2D eigenvalue weighted by atomic mass is 19.1. The first-order chi connectivity index (χ1) is 20.0. The van der Waals surface area contributed by atoms with E-state index in [1.165, 1.54) is 17.3 Å². The SMILES string of the molecule is COCCCn1c(C2CCCN(C(=O)CCCc3ccc(-c4cnc(OC)nc4)cc3)C2)c(C)c2cccc(F)c21. The van der Waals surface area contributed by atoms with Gasteiger partial charge in [0.2, 0.25) is 5.91 Å². The second kappa shape index (κ2) is 13.3. The maximum Gasteiger partial charge on any atom is 0.316 e. The molecule has 3 heterocycles. The fourth-order valence-electron chi connectivity index (χ4n) is 6.14. The predicted octanol–water partition coefficient (Wildman–Crippen LogP) is 6.32. The van der Waals surface area contributed by atoms with Gasteiger partial charge in [0.15, 0.2) is 0 Å². The zero-order chi connectivity index (χ0) is 28.8. The van der Waals surface area contributed by atoms with Crippen LogP contribution >= 0.6 is 0 Å². The molecule has 1 fully saturated rings. The van der Waals surface area contributed by atoms with E-state index in [4.69, 9.17) is 9.47 Å². The van der Waals surface area contributed by atoms with E-state index in [0.29, 0.717) is 37.6 Å². The lowest BCUT2D eigenvalue weighted by Gasteiger charge is -2.34. The van der Waals surface area contributed by atoms with Gasteiger partial charge in [-0.2, -0.15) is 0 Å². The van der Waals surface area contributed by atoms with E-state index >= 15 is 4.39 Å². The van der Waals surface area contributed by atoms with Gasteiger partial charge in [0.25, 0.3) is 0 Å². The van der Waals surface area contributed by atoms with Gasteiger partial charge < -0.3 is 18.9 Å².